The van der Waals surface area contributed by atoms with E-state index in [1.165, 1.54) is 19.0 Å². The van der Waals surface area contributed by atoms with Gasteiger partial charge in [0.05, 0.1) is 0 Å². The highest BCUT2D eigenvalue weighted by Crippen LogP contribution is 2.40. The van der Waals surface area contributed by atoms with Gasteiger partial charge in [-0.25, -0.2) is 0 Å². The van der Waals surface area contributed by atoms with Crippen LogP contribution in [0.25, 0.3) is 6.08 Å². The third kappa shape index (κ3) is 2.68. The molecule has 0 amide bonds. The lowest BCUT2D eigenvalue weighted by Gasteiger charge is -2.17. The first-order valence-electron chi connectivity index (χ1n) is 4.42. The summed E-state index contributed by atoms with van der Waals surface area (Å²) in [7, 11) is 2.98. The molecule has 0 saturated carbocycles. The minimum Gasteiger partial charge on any atom is -0.506 e. The molecule has 0 bridgehead atoms. The van der Waals surface area contributed by atoms with E-state index in [0.717, 1.165) is 0 Å². The molecule has 1 rings (SSSR count). The molecular formula is C8H8F5N3O2. The number of aliphatic hydroxyl groups is 1. The van der Waals surface area contributed by atoms with Crippen LogP contribution in [0.5, 0.6) is 0 Å². The van der Waals surface area contributed by atoms with Crippen LogP contribution in [0.3, 0.4) is 0 Å². The molecule has 5 nitrogen and oxygen atoms in total. The van der Waals surface area contributed by atoms with Gasteiger partial charge in [-0.1, -0.05) is 5.16 Å². The Morgan fingerprint density at radius 1 is 1.28 bits per heavy atom. The van der Waals surface area contributed by atoms with Crippen molar-refractivity contribution < 1.29 is 31.6 Å². The molecule has 0 spiro atoms. The van der Waals surface area contributed by atoms with E-state index in [-0.39, 0.29) is 12.1 Å². The zero-order chi connectivity index (χ0) is 14.1. The van der Waals surface area contributed by atoms with Crippen molar-refractivity contribution in [2.75, 3.05) is 19.0 Å². The molecule has 0 atom stereocenters. The van der Waals surface area contributed by atoms with Gasteiger partial charge in [0.25, 0.3) is 0 Å². The van der Waals surface area contributed by atoms with E-state index in [1.807, 2.05) is 0 Å². The van der Waals surface area contributed by atoms with Crippen molar-refractivity contribution in [3.63, 3.8) is 0 Å². The Morgan fingerprint density at radius 3 is 2.22 bits per heavy atom. The Labute approximate surface area is 97.5 Å². The number of anilines is 1. The number of aromatic nitrogens is 2. The molecule has 0 radical (unpaired) electrons. The van der Waals surface area contributed by atoms with Crippen LogP contribution in [-0.2, 0) is 0 Å². The average Bonchev–Trinajstić information content (AvgIpc) is 2.64. The SMILES string of the molecule is CN(C)c1nc(C=C(O)C(F)(F)C(F)(F)F)no1. The van der Waals surface area contributed by atoms with Gasteiger partial charge in [0, 0.05) is 20.2 Å². The summed E-state index contributed by atoms with van der Waals surface area (Å²) in [4.78, 5) is 4.77. The highest BCUT2D eigenvalue weighted by atomic mass is 19.4. The normalized spacial score (nSPS) is 13.8. The molecule has 0 aliphatic heterocycles. The predicted octanol–water partition coefficient (Wildman–Crippen LogP) is 2.23. The fourth-order valence-corrected chi connectivity index (χ4v) is 0.825. The van der Waals surface area contributed by atoms with Gasteiger partial charge in [0.2, 0.25) is 5.82 Å². The predicted molar refractivity (Wildman–Crippen MR) is 50.2 cm³/mol. The number of hydrogen-bond donors (Lipinski definition) is 1. The molecule has 18 heavy (non-hydrogen) atoms. The Morgan fingerprint density at radius 2 is 1.83 bits per heavy atom. The maximum Gasteiger partial charge on any atom is 0.461 e. The van der Waals surface area contributed by atoms with Gasteiger partial charge >= 0.3 is 18.1 Å². The number of allylic oxidation sites excluding steroid dienone is 1. The first-order chi connectivity index (χ1) is 8.05. The van der Waals surface area contributed by atoms with Crippen molar-refractivity contribution in [3.05, 3.63) is 11.6 Å². The van der Waals surface area contributed by atoms with E-state index >= 15 is 0 Å². The number of alkyl halides is 5. The lowest BCUT2D eigenvalue weighted by molar-refractivity contribution is -0.273. The van der Waals surface area contributed by atoms with Crippen LogP contribution >= 0.6 is 0 Å². The Hall–Kier alpha value is -1.87. The minimum atomic E-state index is -5.90. The van der Waals surface area contributed by atoms with Crippen LogP contribution in [0.4, 0.5) is 28.0 Å². The first-order valence-corrected chi connectivity index (χ1v) is 4.42. The minimum absolute atomic E-state index is 0.0873. The van der Waals surface area contributed by atoms with Gasteiger partial charge in [-0.2, -0.15) is 26.9 Å². The fraction of sp³-hybridized carbons (Fsp3) is 0.500. The summed E-state index contributed by atoms with van der Waals surface area (Å²) in [6.45, 7) is 0. The van der Waals surface area contributed by atoms with Crippen LogP contribution < -0.4 is 4.90 Å². The van der Waals surface area contributed by atoms with Gasteiger partial charge in [-0.15, -0.1) is 0 Å². The van der Waals surface area contributed by atoms with Gasteiger partial charge in [-0.05, 0) is 0 Å². The van der Waals surface area contributed by atoms with Gasteiger partial charge < -0.3 is 14.5 Å². The largest absolute Gasteiger partial charge is 0.506 e. The van der Waals surface area contributed by atoms with Crippen LogP contribution in [0, 0.1) is 0 Å². The van der Waals surface area contributed by atoms with E-state index in [4.69, 9.17) is 5.11 Å². The van der Waals surface area contributed by atoms with Crippen LogP contribution in [0.15, 0.2) is 10.3 Å². The van der Waals surface area contributed by atoms with Crippen LogP contribution in [0.2, 0.25) is 0 Å². The highest BCUT2D eigenvalue weighted by Gasteiger charge is 2.61. The summed E-state index contributed by atoms with van der Waals surface area (Å²) in [5.74, 6) is -8.17. The highest BCUT2D eigenvalue weighted by molar-refractivity contribution is 5.46. The van der Waals surface area contributed by atoms with E-state index < -0.39 is 23.7 Å². The third-order valence-corrected chi connectivity index (χ3v) is 1.76. The van der Waals surface area contributed by atoms with E-state index in [0.29, 0.717) is 0 Å². The maximum absolute atomic E-state index is 12.6. The lowest BCUT2D eigenvalue weighted by atomic mass is 10.2. The second-order valence-corrected chi connectivity index (χ2v) is 3.43. The van der Waals surface area contributed by atoms with Crippen molar-refractivity contribution in [1.29, 1.82) is 0 Å². The smallest absolute Gasteiger partial charge is 0.461 e. The van der Waals surface area contributed by atoms with Crippen molar-refractivity contribution in [1.82, 2.24) is 10.1 Å². The quantitative estimate of drug-likeness (QED) is 0.676. The molecule has 0 aromatic carbocycles. The summed E-state index contributed by atoms with van der Waals surface area (Å²) in [5, 5.41) is 11.9. The number of rotatable bonds is 3. The van der Waals surface area contributed by atoms with Gasteiger partial charge in [-0.3, -0.25) is 0 Å². The topological polar surface area (TPSA) is 62.4 Å². The Balaban J connectivity index is 3.02. The summed E-state index contributed by atoms with van der Waals surface area (Å²) in [6.07, 6.45) is -5.81. The molecule has 0 saturated heterocycles. The Kier molecular flexibility index (Phi) is 3.49. The molecular weight excluding hydrogens is 265 g/mol. The van der Waals surface area contributed by atoms with Crippen molar-refractivity contribution in [2.45, 2.75) is 12.1 Å². The van der Waals surface area contributed by atoms with Gasteiger partial charge in [0.1, 0.15) is 0 Å². The lowest BCUT2D eigenvalue weighted by Crippen LogP contribution is -2.38. The standard InChI is InChI=1S/C8H8F5N3O2/c1-16(2)6-14-5(15-18-6)3-4(17)7(9,10)8(11,12)13/h3,17H,1-2H3. The van der Waals surface area contributed by atoms with Gasteiger partial charge in [0.15, 0.2) is 5.76 Å². The fourth-order valence-electron chi connectivity index (χ4n) is 0.825. The van der Waals surface area contributed by atoms with Crippen molar-refractivity contribution in [3.8, 4) is 0 Å². The summed E-state index contributed by atoms with van der Waals surface area (Å²) >= 11 is 0. The van der Waals surface area contributed by atoms with Crippen molar-refractivity contribution in [2.24, 2.45) is 0 Å². The van der Waals surface area contributed by atoms with E-state index in [9.17, 15) is 22.0 Å². The summed E-state index contributed by atoms with van der Waals surface area (Å²) in [5.41, 5.74) is 0. The number of hydrogen-bond acceptors (Lipinski definition) is 5. The molecule has 1 aromatic heterocycles. The number of aliphatic hydroxyl groups excluding tert-OH is 1. The summed E-state index contributed by atoms with van der Waals surface area (Å²) < 4.78 is 65.5. The second-order valence-electron chi connectivity index (χ2n) is 3.43. The molecule has 1 aromatic rings. The summed E-state index contributed by atoms with van der Waals surface area (Å²) in [6, 6.07) is -0.107. The molecule has 0 fully saturated rings. The van der Waals surface area contributed by atoms with Crippen molar-refractivity contribution >= 4 is 12.1 Å². The molecule has 0 aliphatic rings. The number of halogens is 5. The Bertz CT molecular complexity index is 452. The average molecular weight is 273 g/mol. The zero-order valence-corrected chi connectivity index (χ0v) is 9.16. The van der Waals surface area contributed by atoms with E-state index in [2.05, 4.69) is 14.7 Å². The molecule has 102 valence electrons. The second kappa shape index (κ2) is 4.42. The van der Waals surface area contributed by atoms with E-state index in [1.54, 1.807) is 0 Å². The maximum atomic E-state index is 12.6. The number of nitrogens with zero attached hydrogens (tertiary/aromatic N) is 3. The molecule has 0 aliphatic carbocycles. The third-order valence-electron chi connectivity index (χ3n) is 1.76. The zero-order valence-electron chi connectivity index (χ0n) is 9.16. The first kappa shape index (κ1) is 14.2. The molecule has 10 heteroatoms. The molecule has 0 unspecified atom stereocenters. The monoisotopic (exact) mass is 273 g/mol. The molecule has 1 N–H and O–H groups in total. The molecule has 1 heterocycles. The van der Waals surface area contributed by atoms with Crippen LogP contribution in [0.1, 0.15) is 5.82 Å². The van der Waals surface area contributed by atoms with Crippen LogP contribution in [-0.4, -0.2) is 41.4 Å².